The van der Waals surface area contributed by atoms with E-state index in [0.717, 1.165) is 56.6 Å². The van der Waals surface area contributed by atoms with Crippen LogP contribution in [0.15, 0.2) is 42.0 Å². The van der Waals surface area contributed by atoms with Crippen LogP contribution in [0, 0.1) is 0 Å². The molecule has 2 heterocycles. The molecule has 0 aromatic heterocycles. The molecule has 0 saturated carbocycles. The average Bonchev–Trinajstić information content (AvgIpc) is 3.48. The van der Waals surface area contributed by atoms with E-state index >= 15 is 0 Å². The summed E-state index contributed by atoms with van der Waals surface area (Å²) < 4.78 is 17.8. The molecule has 0 bridgehead atoms. The van der Waals surface area contributed by atoms with Crippen molar-refractivity contribution >= 4 is 17.4 Å². The number of amides is 1. The second-order valence-corrected chi connectivity index (χ2v) is 11.0. The van der Waals surface area contributed by atoms with Gasteiger partial charge in [-0.05, 0) is 87.8 Å². The first-order chi connectivity index (χ1) is 20.3. The van der Waals surface area contributed by atoms with E-state index in [9.17, 15) is 14.7 Å². The van der Waals surface area contributed by atoms with Crippen molar-refractivity contribution < 1.29 is 28.9 Å². The van der Waals surface area contributed by atoms with Gasteiger partial charge >= 0.3 is 0 Å². The topological polar surface area (TPSA) is 88.5 Å². The summed E-state index contributed by atoms with van der Waals surface area (Å²) in [6, 6.07) is 10.2. The number of hydrogen-bond donors (Lipinski definition) is 1. The number of benzene rings is 2. The average molecular weight is 579 g/mol. The van der Waals surface area contributed by atoms with E-state index in [1.54, 1.807) is 11.0 Å². The number of hydrogen-bond acceptors (Lipinski definition) is 7. The molecule has 0 spiro atoms. The molecule has 228 valence electrons. The lowest BCUT2D eigenvalue weighted by molar-refractivity contribution is -0.140. The Bertz CT molecular complexity index is 1280. The van der Waals surface area contributed by atoms with Gasteiger partial charge in [0.05, 0.1) is 24.8 Å². The summed E-state index contributed by atoms with van der Waals surface area (Å²) in [4.78, 5) is 31.0. The van der Waals surface area contributed by atoms with Gasteiger partial charge in [-0.15, -0.1) is 0 Å². The lowest BCUT2D eigenvalue weighted by Crippen LogP contribution is -2.33. The van der Waals surface area contributed by atoms with Crippen LogP contribution in [-0.4, -0.2) is 72.1 Å². The molecule has 1 saturated heterocycles. The Balaban J connectivity index is 1.74. The van der Waals surface area contributed by atoms with Crippen LogP contribution in [0.25, 0.3) is 5.76 Å². The lowest BCUT2D eigenvalue weighted by Gasteiger charge is -2.27. The molecule has 8 heteroatoms. The number of rotatable bonds is 15. The second-order valence-electron chi connectivity index (χ2n) is 11.0. The van der Waals surface area contributed by atoms with Gasteiger partial charge < -0.3 is 29.1 Å². The molecule has 0 unspecified atom stereocenters. The third-order valence-electron chi connectivity index (χ3n) is 8.07. The van der Waals surface area contributed by atoms with E-state index in [2.05, 4.69) is 25.7 Å². The summed E-state index contributed by atoms with van der Waals surface area (Å²) in [6.07, 6.45) is 4.60. The Hall–Kier alpha value is -3.52. The predicted molar refractivity (Wildman–Crippen MR) is 164 cm³/mol. The number of fused-ring (bicyclic) bond motifs is 1. The van der Waals surface area contributed by atoms with Crippen LogP contribution in [0.1, 0.15) is 83.0 Å². The van der Waals surface area contributed by atoms with Crippen LogP contribution in [0.2, 0.25) is 0 Å². The number of Topliss-reactive ketones (excluding diaryl/α,β-unsaturated/α-hetero) is 1. The number of nitrogens with zero attached hydrogens (tertiary/aromatic N) is 2. The van der Waals surface area contributed by atoms with Gasteiger partial charge in [-0.1, -0.05) is 39.7 Å². The van der Waals surface area contributed by atoms with E-state index in [4.69, 9.17) is 14.2 Å². The maximum atomic E-state index is 13.6. The van der Waals surface area contributed by atoms with Gasteiger partial charge in [0.25, 0.3) is 11.7 Å². The quantitative estimate of drug-likeness (QED) is 0.118. The Kier molecular flexibility index (Phi) is 10.9. The molecule has 2 atom stereocenters. The smallest absolute Gasteiger partial charge is 0.295 e. The maximum absolute atomic E-state index is 13.6. The molecule has 8 nitrogen and oxygen atoms in total. The molecule has 0 radical (unpaired) electrons. The first-order valence-corrected chi connectivity index (χ1v) is 15.5. The van der Waals surface area contributed by atoms with E-state index in [1.807, 2.05) is 44.2 Å². The molecule has 2 aliphatic rings. The highest BCUT2D eigenvalue weighted by Gasteiger charge is 2.46. The lowest BCUT2D eigenvalue weighted by atomic mass is 9.94. The van der Waals surface area contributed by atoms with Crippen molar-refractivity contribution in [3.63, 3.8) is 0 Å². The molecule has 1 amide bonds. The fourth-order valence-electron chi connectivity index (χ4n) is 5.80. The van der Waals surface area contributed by atoms with Crippen molar-refractivity contribution in [2.45, 2.75) is 78.9 Å². The highest BCUT2D eigenvalue weighted by atomic mass is 16.5. The molecule has 4 rings (SSSR count). The third kappa shape index (κ3) is 6.92. The zero-order valence-electron chi connectivity index (χ0n) is 25.8. The van der Waals surface area contributed by atoms with Crippen LogP contribution in [0.4, 0.5) is 0 Å². The van der Waals surface area contributed by atoms with Gasteiger partial charge in [0.15, 0.2) is 11.5 Å². The van der Waals surface area contributed by atoms with E-state index in [1.165, 1.54) is 0 Å². The Morgan fingerprint density at radius 3 is 2.50 bits per heavy atom. The van der Waals surface area contributed by atoms with Gasteiger partial charge in [0.2, 0.25) is 0 Å². The summed E-state index contributed by atoms with van der Waals surface area (Å²) in [5, 5.41) is 11.6. The number of ether oxygens (including phenoxy) is 3. The summed E-state index contributed by atoms with van der Waals surface area (Å²) >= 11 is 0. The van der Waals surface area contributed by atoms with Crippen molar-refractivity contribution in [3.8, 4) is 17.2 Å². The fraction of sp³-hybridized carbons (Fsp3) is 0.529. The second kappa shape index (κ2) is 14.6. The third-order valence-corrected chi connectivity index (χ3v) is 8.07. The zero-order valence-corrected chi connectivity index (χ0v) is 25.8. The summed E-state index contributed by atoms with van der Waals surface area (Å²) in [5.74, 6) is 0.514. The molecule has 2 aromatic rings. The van der Waals surface area contributed by atoms with Gasteiger partial charge in [-0.3, -0.25) is 9.59 Å². The van der Waals surface area contributed by atoms with Crippen molar-refractivity contribution in [2.75, 3.05) is 39.4 Å². The number of unbranched alkanes of at least 4 members (excludes halogenated alkanes) is 2. The molecule has 0 aliphatic carbocycles. The number of likely N-dealkylation sites (tertiary alicyclic amines) is 1. The summed E-state index contributed by atoms with van der Waals surface area (Å²) in [6.45, 7) is 14.3. The first-order valence-electron chi connectivity index (χ1n) is 15.5. The van der Waals surface area contributed by atoms with Crippen LogP contribution in [0.5, 0.6) is 17.2 Å². The molecular weight excluding hydrogens is 532 g/mol. The summed E-state index contributed by atoms with van der Waals surface area (Å²) in [7, 11) is 0. The minimum Gasteiger partial charge on any atom is -0.507 e. The summed E-state index contributed by atoms with van der Waals surface area (Å²) in [5.41, 5.74) is 2.26. The largest absolute Gasteiger partial charge is 0.507 e. The van der Waals surface area contributed by atoms with Gasteiger partial charge in [-0.25, -0.2) is 0 Å². The predicted octanol–water partition coefficient (Wildman–Crippen LogP) is 6.13. The zero-order chi connectivity index (χ0) is 30.2. The minimum absolute atomic E-state index is 0.0495. The van der Waals surface area contributed by atoms with E-state index in [-0.39, 0.29) is 17.4 Å². The van der Waals surface area contributed by atoms with Crippen LogP contribution < -0.4 is 14.2 Å². The highest BCUT2D eigenvalue weighted by molar-refractivity contribution is 6.46. The Labute approximate surface area is 250 Å². The SMILES string of the molecule is CCCCCOc1ccc([C@H]2C(=C(O)c3ccc4c(c3)C[C@H](C)O4)C(=O)C(=O)N2CCCN(CC)CC)cc1OCC. The van der Waals surface area contributed by atoms with E-state index < -0.39 is 17.7 Å². The van der Waals surface area contributed by atoms with Crippen LogP contribution in [0.3, 0.4) is 0 Å². The number of aliphatic hydroxyl groups excluding tert-OH is 1. The minimum atomic E-state index is -0.751. The van der Waals surface area contributed by atoms with Crippen LogP contribution in [-0.2, 0) is 16.0 Å². The molecule has 2 aliphatic heterocycles. The number of aliphatic hydroxyl groups is 1. The Morgan fingerprint density at radius 2 is 1.79 bits per heavy atom. The normalized spacial score (nSPS) is 19.3. The van der Waals surface area contributed by atoms with Crippen molar-refractivity contribution in [1.29, 1.82) is 0 Å². The highest BCUT2D eigenvalue weighted by Crippen LogP contribution is 2.43. The molecule has 42 heavy (non-hydrogen) atoms. The standard InChI is InChI=1S/C34H46N2O6/c1-6-10-11-19-41-28-16-13-24(22-29(28)40-9-4)31-30(32(37)25-14-15-27-26(21-25)20-23(5)42-27)33(38)34(39)36(31)18-12-17-35(7-2)8-3/h13-16,21-23,31,37H,6-12,17-20H2,1-5H3/t23-,31-/m0/s1. The number of ketones is 1. The molecule has 1 N–H and O–H groups in total. The van der Waals surface area contributed by atoms with E-state index in [0.29, 0.717) is 48.8 Å². The Morgan fingerprint density at radius 1 is 1.00 bits per heavy atom. The fourth-order valence-corrected chi connectivity index (χ4v) is 5.80. The molecule has 2 aromatic carbocycles. The molecule has 1 fully saturated rings. The van der Waals surface area contributed by atoms with Crippen molar-refractivity contribution in [1.82, 2.24) is 9.80 Å². The first kappa shape index (κ1) is 31.4. The van der Waals surface area contributed by atoms with Gasteiger partial charge in [-0.2, -0.15) is 0 Å². The number of carbonyl (C=O) groups is 2. The van der Waals surface area contributed by atoms with Gasteiger partial charge in [0.1, 0.15) is 17.6 Å². The number of carbonyl (C=O) groups excluding carboxylic acids is 2. The van der Waals surface area contributed by atoms with Gasteiger partial charge in [0, 0.05) is 18.5 Å². The van der Waals surface area contributed by atoms with Crippen molar-refractivity contribution in [3.05, 3.63) is 58.7 Å². The van der Waals surface area contributed by atoms with Crippen LogP contribution >= 0.6 is 0 Å². The monoisotopic (exact) mass is 578 g/mol. The molecular formula is C34H46N2O6. The van der Waals surface area contributed by atoms with Crippen molar-refractivity contribution in [2.24, 2.45) is 0 Å². The maximum Gasteiger partial charge on any atom is 0.295 e.